The smallest absolute Gasteiger partial charge is 0.137 e. The van der Waals surface area contributed by atoms with Crippen molar-refractivity contribution in [1.82, 2.24) is 9.97 Å². The lowest BCUT2D eigenvalue weighted by Crippen LogP contribution is -2.29. The molecule has 2 N–H and O–H groups in total. The summed E-state index contributed by atoms with van der Waals surface area (Å²) < 4.78 is 0. The van der Waals surface area contributed by atoms with Gasteiger partial charge in [0.2, 0.25) is 0 Å². The second kappa shape index (κ2) is 5.34. The van der Waals surface area contributed by atoms with Crippen LogP contribution in [0.25, 0.3) is 0 Å². The van der Waals surface area contributed by atoms with Gasteiger partial charge in [-0.25, -0.2) is 9.97 Å². The quantitative estimate of drug-likeness (QED) is 0.821. The first-order valence-electron chi connectivity index (χ1n) is 6.63. The van der Waals surface area contributed by atoms with Gasteiger partial charge in [-0.15, -0.1) is 0 Å². The Morgan fingerprint density at radius 2 is 2.12 bits per heavy atom. The van der Waals surface area contributed by atoms with Crippen LogP contribution in [0, 0.1) is 0 Å². The fourth-order valence-corrected chi connectivity index (χ4v) is 2.18. The number of unbranched alkanes of at least 4 members (excludes halogenated alkanes) is 1. The van der Waals surface area contributed by atoms with Gasteiger partial charge in [-0.2, -0.15) is 0 Å². The van der Waals surface area contributed by atoms with Crippen LogP contribution in [0.15, 0.2) is 6.33 Å². The summed E-state index contributed by atoms with van der Waals surface area (Å²) in [5, 5.41) is 0. The van der Waals surface area contributed by atoms with Crippen molar-refractivity contribution in [3.8, 4) is 0 Å². The monoisotopic (exact) mass is 234 g/mol. The van der Waals surface area contributed by atoms with Gasteiger partial charge < -0.3 is 10.6 Å². The van der Waals surface area contributed by atoms with Crippen molar-refractivity contribution in [3.63, 3.8) is 0 Å². The number of nitrogen functional groups attached to an aromatic ring is 1. The molecule has 0 aliphatic heterocycles. The summed E-state index contributed by atoms with van der Waals surface area (Å²) in [6, 6.07) is 0.682. The number of nitrogens with two attached hydrogens (primary N) is 1. The maximum Gasteiger partial charge on any atom is 0.137 e. The topological polar surface area (TPSA) is 55.0 Å². The van der Waals surface area contributed by atoms with Crippen molar-refractivity contribution in [2.45, 2.75) is 52.0 Å². The number of nitrogens with zero attached hydrogens (tertiary/aromatic N) is 3. The lowest BCUT2D eigenvalue weighted by molar-refractivity contribution is 0.699. The van der Waals surface area contributed by atoms with E-state index >= 15 is 0 Å². The van der Waals surface area contributed by atoms with Crippen molar-refractivity contribution < 1.29 is 0 Å². The van der Waals surface area contributed by atoms with Crippen LogP contribution in [0.3, 0.4) is 0 Å². The van der Waals surface area contributed by atoms with Gasteiger partial charge in [-0.05, 0) is 25.7 Å². The molecule has 0 spiro atoms. The van der Waals surface area contributed by atoms with Gasteiger partial charge in [0.25, 0.3) is 0 Å². The molecule has 17 heavy (non-hydrogen) atoms. The molecule has 0 aromatic carbocycles. The molecule has 0 unspecified atom stereocenters. The minimum atomic E-state index is 0.639. The van der Waals surface area contributed by atoms with E-state index in [1.165, 1.54) is 25.7 Å². The molecule has 94 valence electrons. The van der Waals surface area contributed by atoms with Crippen LogP contribution in [0.2, 0.25) is 0 Å². The Kier molecular flexibility index (Phi) is 3.82. The third-order valence-corrected chi connectivity index (χ3v) is 3.32. The van der Waals surface area contributed by atoms with Crippen molar-refractivity contribution in [2.24, 2.45) is 0 Å². The van der Waals surface area contributed by atoms with Crippen LogP contribution in [0.1, 0.15) is 45.1 Å². The molecule has 0 bridgehead atoms. The van der Waals surface area contributed by atoms with Crippen LogP contribution in [-0.4, -0.2) is 22.6 Å². The molecular formula is C13H22N4. The third kappa shape index (κ3) is 2.68. The Hall–Kier alpha value is -1.32. The van der Waals surface area contributed by atoms with Crippen molar-refractivity contribution in [2.75, 3.05) is 17.2 Å². The molecule has 1 heterocycles. The first-order chi connectivity index (χ1) is 8.27. The molecule has 0 radical (unpaired) electrons. The number of rotatable bonds is 6. The zero-order valence-electron chi connectivity index (χ0n) is 10.8. The Balaban J connectivity index is 2.25. The molecule has 1 fully saturated rings. The van der Waals surface area contributed by atoms with E-state index in [1.807, 2.05) is 0 Å². The van der Waals surface area contributed by atoms with E-state index in [-0.39, 0.29) is 0 Å². The summed E-state index contributed by atoms with van der Waals surface area (Å²) in [5.41, 5.74) is 7.05. The van der Waals surface area contributed by atoms with Gasteiger partial charge in [-0.3, -0.25) is 0 Å². The molecule has 1 aromatic rings. The highest BCUT2D eigenvalue weighted by Crippen LogP contribution is 2.33. The highest BCUT2D eigenvalue weighted by Gasteiger charge is 2.31. The Labute approximate surface area is 103 Å². The second-order valence-electron chi connectivity index (χ2n) is 4.69. The average molecular weight is 234 g/mol. The SMILES string of the molecule is CCCCN(c1ncnc(N)c1CC)C1CC1. The molecule has 2 rings (SSSR count). The maximum atomic E-state index is 5.94. The van der Waals surface area contributed by atoms with Gasteiger partial charge in [0, 0.05) is 18.2 Å². The van der Waals surface area contributed by atoms with E-state index in [9.17, 15) is 0 Å². The maximum absolute atomic E-state index is 5.94. The first kappa shape index (κ1) is 12.1. The summed E-state index contributed by atoms with van der Waals surface area (Å²) in [4.78, 5) is 11.0. The van der Waals surface area contributed by atoms with Crippen molar-refractivity contribution >= 4 is 11.6 Å². The summed E-state index contributed by atoms with van der Waals surface area (Å²) in [6.07, 6.45) is 7.49. The van der Waals surface area contributed by atoms with Crippen LogP contribution < -0.4 is 10.6 Å². The molecular weight excluding hydrogens is 212 g/mol. The standard InChI is InChI=1S/C13H22N4/c1-3-5-8-17(10-6-7-10)13-11(4-2)12(14)15-9-16-13/h9-10H,3-8H2,1-2H3,(H2,14,15,16). The van der Waals surface area contributed by atoms with Crippen LogP contribution in [0.5, 0.6) is 0 Å². The minimum Gasteiger partial charge on any atom is -0.383 e. The molecule has 0 atom stereocenters. The molecule has 0 amide bonds. The number of hydrogen-bond acceptors (Lipinski definition) is 4. The summed E-state index contributed by atoms with van der Waals surface area (Å²) in [5.74, 6) is 1.70. The molecule has 0 saturated heterocycles. The normalized spacial score (nSPS) is 14.9. The van der Waals surface area contributed by atoms with Gasteiger partial charge in [0.15, 0.2) is 0 Å². The predicted molar refractivity (Wildman–Crippen MR) is 71.1 cm³/mol. The van der Waals surface area contributed by atoms with E-state index in [2.05, 4.69) is 28.7 Å². The van der Waals surface area contributed by atoms with E-state index in [0.29, 0.717) is 11.9 Å². The number of aromatic nitrogens is 2. The average Bonchev–Trinajstić information content (AvgIpc) is 3.14. The summed E-state index contributed by atoms with van der Waals surface area (Å²) in [7, 11) is 0. The first-order valence-corrected chi connectivity index (χ1v) is 6.63. The molecule has 1 aliphatic carbocycles. The second-order valence-corrected chi connectivity index (χ2v) is 4.69. The van der Waals surface area contributed by atoms with Crippen molar-refractivity contribution in [3.05, 3.63) is 11.9 Å². The third-order valence-electron chi connectivity index (χ3n) is 3.32. The zero-order chi connectivity index (χ0) is 12.3. The van der Waals surface area contributed by atoms with E-state index in [1.54, 1.807) is 6.33 Å². The molecule has 1 saturated carbocycles. The summed E-state index contributed by atoms with van der Waals surface area (Å²) in [6.45, 7) is 5.42. The van der Waals surface area contributed by atoms with Gasteiger partial charge in [-0.1, -0.05) is 20.3 Å². The highest BCUT2D eigenvalue weighted by molar-refractivity contribution is 5.57. The van der Waals surface area contributed by atoms with Gasteiger partial charge >= 0.3 is 0 Å². The largest absolute Gasteiger partial charge is 0.383 e. The van der Waals surface area contributed by atoms with E-state index in [4.69, 9.17) is 5.73 Å². The highest BCUT2D eigenvalue weighted by atomic mass is 15.2. The summed E-state index contributed by atoms with van der Waals surface area (Å²) >= 11 is 0. The minimum absolute atomic E-state index is 0.639. The van der Waals surface area contributed by atoms with Gasteiger partial charge in [0.1, 0.15) is 18.0 Å². The van der Waals surface area contributed by atoms with Crippen LogP contribution in [0.4, 0.5) is 11.6 Å². The van der Waals surface area contributed by atoms with E-state index < -0.39 is 0 Å². The molecule has 4 heteroatoms. The Morgan fingerprint density at radius 1 is 1.35 bits per heavy atom. The lowest BCUT2D eigenvalue weighted by Gasteiger charge is -2.25. The fraction of sp³-hybridized carbons (Fsp3) is 0.692. The number of anilines is 2. The van der Waals surface area contributed by atoms with Gasteiger partial charge in [0.05, 0.1) is 0 Å². The zero-order valence-corrected chi connectivity index (χ0v) is 10.8. The lowest BCUT2D eigenvalue weighted by atomic mass is 10.2. The molecule has 1 aromatic heterocycles. The predicted octanol–water partition coefficient (Wildman–Crippen LogP) is 2.39. The molecule has 1 aliphatic rings. The van der Waals surface area contributed by atoms with E-state index in [0.717, 1.165) is 24.3 Å². The Bertz CT molecular complexity index is 374. The number of hydrogen-bond donors (Lipinski definition) is 1. The van der Waals surface area contributed by atoms with Crippen LogP contribution in [-0.2, 0) is 6.42 Å². The molecule has 4 nitrogen and oxygen atoms in total. The van der Waals surface area contributed by atoms with Crippen LogP contribution >= 0.6 is 0 Å². The van der Waals surface area contributed by atoms with Crippen molar-refractivity contribution in [1.29, 1.82) is 0 Å². The fourth-order valence-electron chi connectivity index (χ4n) is 2.18. The Morgan fingerprint density at radius 3 is 2.71 bits per heavy atom.